The minimum atomic E-state index is -4.86. The van der Waals surface area contributed by atoms with Crippen molar-refractivity contribution in [3.63, 3.8) is 0 Å². The maximum Gasteiger partial charge on any atom is 0.417 e. The lowest BCUT2D eigenvalue weighted by atomic mass is 10.0. The van der Waals surface area contributed by atoms with Gasteiger partial charge in [0.2, 0.25) is 0 Å². The summed E-state index contributed by atoms with van der Waals surface area (Å²) >= 11 is 6.11. The number of nitriles is 1. The van der Waals surface area contributed by atoms with Crippen LogP contribution in [0.25, 0.3) is 0 Å². The van der Waals surface area contributed by atoms with Crippen LogP contribution in [-0.2, 0) is 20.8 Å². The van der Waals surface area contributed by atoms with Crippen LogP contribution in [0.4, 0.5) is 34.1 Å². The average molecular weight is 624 g/mol. The highest BCUT2D eigenvalue weighted by atomic mass is 35.5. The molecule has 2 aromatic rings. The highest BCUT2D eigenvalue weighted by Crippen LogP contribution is 2.37. The lowest BCUT2D eigenvalue weighted by Gasteiger charge is -2.26. The summed E-state index contributed by atoms with van der Waals surface area (Å²) in [6.07, 6.45) is -0.631. The molecule has 2 aromatic carbocycles. The van der Waals surface area contributed by atoms with Crippen molar-refractivity contribution in [1.29, 1.82) is 5.26 Å². The first-order chi connectivity index (χ1) is 19.5. The van der Waals surface area contributed by atoms with Crippen LogP contribution < -0.4 is 9.80 Å². The second-order valence-corrected chi connectivity index (χ2v) is 12.6. The number of hydrogen-bond acceptors (Lipinski definition) is 6. The molecule has 0 atom stereocenters. The first kappa shape index (κ1) is 30.9. The summed E-state index contributed by atoms with van der Waals surface area (Å²) in [4.78, 5) is 44.0. The highest BCUT2D eigenvalue weighted by Gasteiger charge is 2.51. The van der Waals surface area contributed by atoms with Gasteiger partial charge in [0.1, 0.15) is 5.54 Å². The van der Waals surface area contributed by atoms with E-state index in [0.717, 1.165) is 18.4 Å². The Morgan fingerprint density at radius 1 is 1.00 bits per heavy atom. The normalized spacial score (nSPS) is 17.6. The van der Waals surface area contributed by atoms with E-state index >= 15 is 0 Å². The Morgan fingerprint density at radius 2 is 1.64 bits per heavy atom. The molecule has 5 amide bonds. The summed E-state index contributed by atoms with van der Waals surface area (Å²) < 4.78 is 64.0. The number of carbonyl (C=O) groups excluding carboxylic acids is 3. The van der Waals surface area contributed by atoms with Crippen molar-refractivity contribution in [2.24, 2.45) is 0 Å². The summed E-state index contributed by atoms with van der Waals surface area (Å²) in [5.41, 5.74) is -3.14. The number of nitrogens with zero attached hydrogens (tertiary/aromatic N) is 5. The minimum absolute atomic E-state index is 0.00160. The number of urea groups is 2. The zero-order valence-electron chi connectivity index (χ0n) is 22.6. The Kier molecular flexibility index (Phi) is 8.05. The second kappa shape index (κ2) is 11.0. The van der Waals surface area contributed by atoms with E-state index in [9.17, 15) is 36.0 Å². The van der Waals surface area contributed by atoms with Gasteiger partial charge in [0, 0.05) is 38.1 Å². The van der Waals surface area contributed by atoms with Crippen molar-refractivity contribution >= 4 is 50.8 Å². The van der Waals surface area contributed by atoms with Gasteiger partial charge < -0.3 is 9.80 Å². The van der Waals surface area contributed by atoms with E-state index in [0.29, 0.717) is 29.7 Å². The minimum Gasteiger partial charge on any atom is -0.319 e. The third-order valence-electron chi connectivity index (χ3n) is 7.01. The SMILES string of the molecule is CC1(C)C(=O)N(c2ccc(C#N)c(C(F)(F)F)c2)C(=O)N1CC=CCN1CCN(c2ccc(S(C)(=O)=O)c(Cl)c2)C1=O. The number of benzene rings is 2. The van der Waals surface area contributed by atoms with Gasteiger partial charge in [-0.15, -0.1) is 0 Å². The topological polar surface area (TPSA) is 122 Å². The van der Waals surface area contributed by atoms with Crippen LogP contribution in [0, 0.1) is 11.3 Å². The predicted octanol–water partition coefficient (Wildman–Crippen LogP) is 4.68. The maximum absolute atomic E-state index is 13.5. The molecular formula is C27H25ClF3N5O5S. The largest absolute Gasteiger partial charge is 0.417 e. The number of hydrogen-bond donors (Lipinski definition) is 0. The Hall–Kier alpha value is -4.09. The Labute approximate surface area is 245 Å². The number of imide groups is 1. The van der Waals surface area contributed by atoms with Crippen LogP contribution in [0.5, 0.6) is 0 Å². The van der Waals surface area contributed by atoms with Crippen molar-refractivity contribution < 1.29 is 36.0 Å². The second-order valence-electron chi connectivity index (χ2n) is 10.2. The Bertz CT molecular complexity index is 1650. The van der Waals surface area contributed by atoms with E-state index in [4.69, 9.17) is 16.9 Å². The molecule has 0 radical (unpaired) electrons. The zero-order valence-corrected chi connectivity index (χ0v) is 24.2. The number of alkyl halides is 3. The maximum atomic E-state index is 13.5. The van der Waals surface area contributed by atoms with Crippen molar-refractivity contribution in [1.82, 2.24) is 9.80 Å². The summed E-state index contributed by atoms with van der Waals surface area (Å²) in [5.74, 6) is -0.732. The molecule has 10 nitrogen and oxygen atoms in total. The first-order valence-corrected chi connectivity index (χ1v) is 14.7. The molecule has 2 heterocycles. The number of sulfone groups is 1. The molecule has 0 unspecified atom stereocenters. The third-order valence-corrected chi connectivity index (χ3v) is 8.59. The fraction of sp³-hybridized carbons (Fsp3) is 0.333. The quantitative estimate of drug-likeness (QED) is 0.326. The van der Waals surface area contributed by atoms with E-state index in [1.807, 2.05) is 0 Å². The van der Waals surface area contributed by atoms with Crippen molar-refractivity contribution in [3.8, 4) is 6.07 Å². The molecule has 0 spiro atoms. The van der Waals surface area contributed by atoms with E-state index in [2.05, 4.69) is 0 Å². The fourth-order valence-electron chi connectivity index (χ4n) is 4.70. The van der Waals surface area contributed by atoms with Gasteiger partial charge in [-0.05, 0) is 50.2 Å². The van der Waals surface area contributed by atoms with Crippen molar-refractivity contribution in [3.05, 3.63) is 64.7 Å². The lowest BCUT2D eigenvalue weighted by molar-refractivity contribution is -0.137. The van der Waals surface area contributed by atoms with Gasteiger partial charge in [-0.25, -0.2) is 22.9 Å². The van der Waals surface area contributed by atoms with Crippen LogP contribution in [0.2, 0.25) is 5.02 Å². The van der Waals surface area contributed by atoms with E-state index in [1.54, 1.807) is 12.2 Å². The van der Waals surface area contributed by atoms with E-state index in [-0.39, 0.29) is 34.7 Å². The van der Waals surface area contributed by atoms with Crippen LogP contribution in [-0.4, -0.2) is 74.2 Å². The fourth-order valence-corrected chi connectivity index (χ4v) is 6.03. The molecule has 4 rings (SSSR count). The van der Waals surface area contributed by atoms with Crippen LogP contribution in [0.3, 0.4) is 0 Å². The number of carbonyl (C=O) groups is 3. The van der Waals surface area contributed by atoms with E-state index in [1.165, 1.54) is 52.8 Å². The Balaban J connectivity index is 1.44. The number of halogens is 4. The summed E-state index contributed by atoms with van der Waals surface area (Å²) in [6.45, 7) is 3.72. The van der Waals surface area contributed by atoms with Crippen LogP contribution in [0.15, 0.2) is 53.4 Å². The molecule has 42 heavy (non-hydrogen) atoms. The number of amides is 5. The molecule has 0 aromatic heterocycles. The molecule has 222 valence electrons. The molecule has 2 saturated heterocycles. The molecule has 0 saturated carbocycles. The molecule has 0 N–H and O–H groups in total. The lowest BCUT2D eigenvalue weighted by Crippen LogP contribution is -2.44. The smallest absolute Gasteiger partial charge is 0.319 e. The van der Waals surface area contributed by atoms with Crippen molar-refractivity contribution in [2.45, 2.75) is 30.5 Å². The monoisotopic (exact) mass is 623 g/mol. The van der Waals surface area contributed by atoms with Gasteiger partial charge >= 0.3 is 18.2 Å². The molecule has 15 heteroatoms. The Morgan fingerprint density at radius 3 is 2.24 bits per heavy atom. The van der Waals surface area contributed by atoms with Gasteiger partial charge in [0.25, 0.3) is 5.91 Å². The van der Waals surface area contributed by atoms with Crippen molar-refractivity contribution in [2.75, 3.05) is 42.2 Å². The first-order valence-electron chi connectivity index (χ1n) is 12.5. The third kappa shape index (κ3) is 5.66. The molecular weight excluding hydrogens is 599 g/mol. The zero-order chi connectivity index (χ0) is 31.2. The summed E-state index contributed by atoms with van der Waals surface area (Å²) in [6, 6.07) is 7.17. The molecule has 2 fully saturated rings. The predicted molar refractivity (Wildman–Crippen MR) is 148 cm³/mol. The highest BCUT2D eigenvalue weighted by molar-refractivity contribution is 7.90. The summed E-state index contributed by atoms with van der Waals surface area (Å²) in [5, 5.41) is 9.04. The van der Waals surface area contributed by atoms with E-state index < -0.39 is 44.6 Å². The summed E-state index contributed by atoms with van der Waals surface area (Å²) in [7, 11) is -3.53. The molecule has 2 aliphatic rings. The van der Waals surface area contributed by atoms with Gasteiger partial charge in [-0.1, -0.05) is 23.8 Å². The van der Waals surface area contributed by atoms with Gasteiger partial charge in [-0.3, -0.25) is 9.69 Å². The number of rotatable bonds is 7. The molecule has 2 aliphatic heterocycles. The number of anilines is 2. The standard InChI is InChI=1S/C27H25ClF3N5O5S/c1-26(2)23(37)36(19-7-6-17(16-32)20(14-19)27(29,30)31)25(39)35(26)11-5-4-10-33-12-13-34(24(33)38)18-8-9-22(21(28)15-18)42(3,40)41/h4-9,14-15H,10-13H2,1-3H3. The van der Waals surface area contributed by atoms with Gasteiger partial charge in [0.15, 0.2) is 9.84 Å². The van der Waals surface area contributed by atoms with Crippen LogP contribution >= 0.6 is 11.6 Å². The van der Waals surface area contributed by atoms with Crippen LogP contribution in [0.1, 0.15) is 25.0 Å². The average Bonchev–Trinajstić information content (AvgIpc) is 3.34. The molecule has 0 aliphatic carbocycles. The van der Waals surface area contributed by atoms with Gasteiger partial charge in [0.05, 0.1) is 32.8 Å². The molecule has 0 bridgehead atoms. The van der Waals surface area contributed by atoms with Gasteiger partial charge in [-0.2, -0.15) is 18.4 Å².